The quantitative estimate of drug-likeness (QED) is 0.439. The van der Waals surface area contributed by atoms with Crippen LogP contribution in [-0.2, 0) is 19.2 Å². The predicted molar refractivity (Wildman–Crippen MR) is 148 cm³/mol. The van der Waals surface area contributed by atoms with E-state index in [0.29, 0.717) is 25.0 Å². The Labute approximate surface area is 229 Å². The standard InChI is InChI=1S/C29H50N4O5/c1-18(2)23(17-20(5)26(35)33-16-12-14-22(33)28(37)38)31(9)27(36)24(29(6,7)8)30-25(34)21-13-10-11-15-32(21)19(3)4/h17-19,21-24H,10-16H2,1-9H3,(H,30,34)(H,37,38)/b20-17+. The number of carboxylic acid groups (broad SMARTS) is 1. The molecule has 2 saturated heterocycles. The van der Waals surface area contributed by atoms with Gasteiger partial charge < -0.3 is 20.2 Å². The SMILES string of the molecule is C/C(=C\C(C(C)C)N(C)C(=O)C(NC(=O)C1CCCCN1C(C)C)C(C)(C)C)C(=O)N1CCCC1C(=O)O. The third-order valence-corrected chi connectivity index (χ3v) is 7.94. The molecular weight excluding hydrogens is 484 g/mol. The normalized spacial score (nSPS) is 22.9. The van der Waals surface area contributed by atoms with Crippen LogP contribution in [0.15, 0.2) is 11.6 Å². The molecule has 2 rings (SSSR count). The van der Waals surface area contributed by atoms with Gasteiger partial charge in [0.1, 0.15) is 12.1 Å². The highest BCUT2D eigenvalue weighted by molar-refractivity contribution is 5.96. The van der Waals surface area contributed by atoms with Crippen LogP contribution < -0.4 is 5.32 Å². The van der Waals surface area contributed by atoms with Crippen LogP contribution in [0.2, 0.25) is 0 Å². The molecule has 0 aromatic carbocycles. The summed E-state index contributed by atoms with van der Waals surface area (Å²) < 4.78 is 0. The van der Waals surface area contributed by atoms with Crippen LogP contribution in [0.5, 0.6) is 0 Å². The minimum Gasteiger partial charge on any atom is -0.480 e. The summed E-state index contributed by atoms with van der Waals surface area (Å²) in [6.45, 7) is 16.9. The van der Waals surface area contributed by atoms with E-state index in [1.807, 2.05) is 34.6 Å². The molecule has 38 heavy (non-hydrogen) atoms. The van der Waals surface area contributed by atoms with Crippen LogP contribution in [0.3, 0.4) is 0 Å². The van der Waals surface area contributed by atoms with Gasteiger partial charge in [0.05, 0.1) is 12.1 Å². The lowest BCUT2D eigenvalue weighted by Gasteiger charge is -2.41. The average Bonchev–Trinajstić information content (AvgIpc) is 3.33. The number of carbonyl (C=O) groups excluding carboxylic acids is 3. The van der Waals surface area contributed by atoms with Gasteiger partial charge in [-0.2, -0.15) is 0 Å². The second-order valence-corrected chi connectivity index (χ2v) is 12.7. The lowest BCUT2D eigenvalue weighted by molar-refractivity contribution is -0.146. The van der Waals surface area contributed by atoms with E-state index in [4.69, 9.17) is 0 Å². The zero-order valence-corrected chi connectivity index (χ0v) is 24.9. The molecule has 9 nitrogen and oxygen atoms in total. The molecule has 0 aromatic rings. The molecule has 9 heteroatoms. The van der Waals surface area contributed by atoms with E-state index in [-0.39, 0.29) is 35.7 Å². The molecule has 2 fully saturated rings. The highest BCUT2D eigenvalue weighted by Crippen LogP contribution is 2.26. The second kappa shape index (κ2) is 13.1. The van der Waals surface area contributed by atoms with E-state index in [0.717, 1.165) is 25.8 Å². The number of likely N-dealkylation sites (tertiary alicyclic amines) is 2. The highest BCUT2D eigenvalue weighted by atomic mass is 16.4. The molecule has 2 aliphatic rings. The van der Waals surface area contributed by atoms with Crippen LogP contribution in [0.4, 0.5) is 0 Å². The Hall–Kier alpha value is -2.42. The van der Waals surface area contributed by atoms with Gasteiger partial charge in [-0.25, -0.2) is 4.79 Å². The minimum absolute atomic E-state index is 0.00774. The number of hydrogen-bond acceptors (Lipinski definition) is 5. The molecule has 2 aliphatic heterocycles. The van der Waals surface area contributed by atoms with Gasteiger partial charge in [0.15, 0.2) is 0 Å². The number of amides is 3. The topological polar surface area (TPSA) is 110 Å². The van der Waals surface area contributed by atoms with Crippen molar-refractivity contribution in [1.82, 2.24) is 20.0 Å². The zero-order chi connectivity index (χ0) is 28.9. The molecule has 216 valence electrons. The summed E-state index contributed by atoms with van der Waals surface area (Å²) in [4.78, 5) is 57.4. The fourth-order valence-corrected chi connectivity index (χ4v) is 5.66. The third kappa shape index (κ3) is 7.58. The maximum atomic E-state index is 13.9. The Morgan fingerprint density at radius 1 is 0.974 bits per heavy atom. The van der Waals surface area contributed by atoms with E-state index in [1.54, 1.807) is 24.9 Å². The fraction of sp³-hybridized carbons (Fsp3) is 0.793. The van der Waals surface area contributed by atoms with Gasteiger partial charge in [-0.05, 0) is 64.3 Å². The number of hydrogen-bond donors (Lipinski definition) is 2. The van der Waals surface area contributed by atoms with Crippen molar-refractivity contribution in [3.05, 3.63) is 11.6 Å². The van der Waals surface area contributed by atoms with Gasteiger partial charge in [-0.3, -0.25) is 19.3 Å². The number of carbonyl (C=O) groups is 4. The first kappa shape index (κ1) is 31.8. The van der Waals surface area contributed by atoms with Crippen molar-refractivity contribution in [1.29, 1.82) is 0 Å². The van der Waals surface area contributed by atoms with Crippen molar-refractivity contribution in [2.24, 2.45) is 11.3 Å². The van der Waals surface area contributed by atoms with E-state index in [9.17, 15) is 24.3 Å². The van der Waals surface area contributed by atoms with E-state index in [1.165, 1.54) is 4.90 Å². The monoisotopic (exact) mass is 534 g/mol. The van der Waals surface area contributed by atoms with Crippen molar-refractivity contribution >= 4 is 23.7 Å². The van der Waals surface area contributed by atoms with Crippen LogP contribution in [0.25, 0.3) is 0 Å². The number of piperidine rings is 1. The van der Waals surface area contributed by atoms with Crippen molar-refractivity contribution < 1.29 is 24.3 Å². The van der Waals surface area contributed by atoms with Crippen molar-refractivity contribution in [2.45, 2.75) is 118 Å². The molecule has 0 aromatic heterocycles. The maximum Gasteiger partial charge on any atom is 0.326 e. The zero-order valence-electron chi connectivity index (χ0n) is 24.9. The van der Waals surface area contributed by atoms with Gasteiger partial charge in [-0.1, -0.05) is 47.1 Å². The number of aliphatic carboxylic acids is 1. The molecule has 0 aliphatic carbocycles. The number of likely N-dealkylation sites (N-methyl/N-ethyl adjacent to an activating group) is 1. The minimum atomic E-state index is -0.992. The Kier molecular flexibility index (Phi) is 11.0. The van der Waals surface area contributed by atoms with Crippen LogP contribution in [0, 0.1) is 11.3 Å². The summed E-state index contributed by atoms with van der Waals surface area (Å²) in [7, 11) is 1.71. The molecule has 0 radical (unpaired) electrons. The summed E-state index contributed by atoms with van der Waals surface area (Å²) in [5, 5.41) is 12.6. The first-order valence-electron chi connectivity index (χ1n) is 14.1. The van der Waals surface area contributed by atoms with Gasteiger partial charge in [-0.15, -0.1) is 0 Å². The molecule has 4 unspecified atom stereocenters. The second-order valence-electron chi connectivity index (χ2n) is 12.7. The van der Waals surface area contributed by atoms with Gasteiger partial charge in [0.2, 0.25) is 17.7 Å². The Morgan fingerprint density at radius 2 is 1.58 bits per heavy atom. The first-order valence-corrected chi connectivity index (χ1v) is 14.1. The van der Waals surface area contributed by atoms with Crippen LogP contribution in [0.1, 0.15) is 87.5 Å². The van der Waals surface area contributed by atoms with Crippen molar-refractivity contribution in [2.75, 3.05) is 20.1 Å². The largest absolute Gasteiger partial charge is 0.480 e. The van der Waals surface area contributed by atoms with Crippen molar-refractivity contribution in [3.8, 4) is 0 Å². The summed E-state index contributed by atoms with van der Waals surface area (Å²) >= 11 is 0. The van der Waals surface area contributed by atoms with Gasteiger partial charge in [0, 0.05) is 25.2 Å². The van der Waals surface area contributed by atoms with E-state index < -0.39 is 29.5 Å². The van der Waals surface area contributed by atoms with E-state index in [2.05, 4.69) is 24.1 Å². The molecular formula is C29H50N4O5. The molecule has 3 amide bonds. The number of nitrogens with zero attached hydrogens (tertiary/aromatic N) is 3. The Morgan fingerprint density at radius 3 is 2.11 bits per heavy atom. The number of nitrogens with one attached hydrogen (secondary N) is 1. The fourth-order valence-electron chi connectivity index (χ4n) is 5.66. The summed E-state index contributed by atoms with van der Waals surface area (Å²) in [6.07, 6.45) is 5.70. The Balaban J connectivity index is 2.27. The maximum absolute atomic E-state index is 13.9. The number of rotatable bonds is 9. The van der Waals surface area contributed by atoms with Gasteiger partial charge in [0.25, 0.3) is 0 Å². The molecule has 0 spiro atoms. The van der Waals surface area contributed by atoms with Crippen LogP contribution >= 0.6 is 0 Å². The van der Waals surface area contributed by atoms with Crippen LogP contribution in [-0.4, -0.2) is 93.8 Å². The highest BCUT2D eigenvalue weighted by Gasteiger charge is 2.40. The van der Waals surface area contributed by atoms with E-state index >= 15 is 0 Å². The predicted octanol–water partition coefficient (Wildman–Crippen LogP) is 3.29. The molecule has 2 heterocycles. The molecule has 0 bridgehead atoms. The Bertz CT molecular complexity index is 907. The van der Waals surface area contributed by atoms with Crippen molar-refractivity contribution in [3.63, 3.8) is 0 Å². The first-order chi connectivity index (χ1) is 17.6. The molecule has 2 N–H and O–H groups in total. The van der Waals surface area contributed by atoms with Gasteiger partial charge >= 0.3 is 5.97 Å². The molecule has 4 atom stereocenters. The summed E-state index contributed by atoms with van der Waals surface area (Å²) in [5.74, 6) is -1.64. The lowest BCUT2D eigenvalue weighted by atomic mass is 9.84. The third-order valence-electron chi connectivity index (χ3n) is 7.94. The molecule has 0 saturated carbocycles. The summed E-state index contributed by atoms with van der Waals surface area (Å²) in [5.41, 5.74) is -0.110. The average molecular weight is 535 g/mol. The smallest absolute Gasteiger partial charge is 0.326 e. The number of carboxylic acids is 1. The lowest BCUT2D eigenvalue weighted by Crippen LogP contribution is -2.60. The summed E-state index contributed by atoms with van der Waals surface area (Å²) in [6, 6.07) is -1.97.